The number of nitrogens with zero attached hydrogens (tertiary/aromatic N) is 1. The molecule has 2 heterocycles. The second-order valence-corrected chi connectivity index (χ2v) is 8.76. The summed E-state index contributed by atoms with van der Waals surface area (Å²) in [6.45, 7) is 5.35. The molecule has 0 unspecified atom stereocenters. The summed E-state index contributed by atoms with van der Waals surface area (Å²) < 4.78 is 10.9. The minimum Gasteiger partial charge on any atom is -0.448 e. The average molecular weight is 465 g/mol. The zero-order valence-corrected chi connectivity index (χ0v) is 18.9. The first-order valence-electron chi connectivity index (χ1n) is 10.5. The third kappa shape index (κ3) is 4.66. The summed E-state index contributed by atoms with van der Waals surface area (Å²) in [6, 6.07) is 18.2. The highest BCUT2D eigenvalue weighted by Gasteiger charge is 2.54. The maximum absolute atomic E-state index is 13.4. The molecule has 1 fully saturated rings. The number of carbonyl (C=O) groups is 3. The van der Waals surface area contributed by atoms with E-state index in [1.165, 1.54) is 22.7 Å². The van der Waals surface area contributed by atoms with E-state index in [4.69, 9.17) is 9.47 Å². The molecule has 0 aromatic heterocycles. The highest BCUT2D eigenvalue weighted by atomic mass is 32.2. The number of nitrogens with one attached hydrogen (secondary N) is 1. The predicted octanol–water partition coefficient (Wildman–Crippen LogP) is 3.79. The van der Waals surface area contributed by atoms with Gasteiger partial charge < -0.3 is 14.8 Å². The monoisotopic (exact) mass is 464 g/mol. The van der Waals surface area contributed by atoms with Crippen LogP contribution in [0.3, 0.4) is 0 Å². The summed E-state index contributed by atoms with van der Waals surface area (Å²) in [5, 5.41) is 2.17. The Morgan fingerprint density at radius 1 is 1.15 bits per heavy atom. The number of alkyl carbamates (subject to hydrolysis) is 1. The van der Waals surface area contributed by atoms with E-state index in [2.05, 4.69) is 11.9 Å². The lowest BCUT2D eigenvalue weighted by atomic mass is 10.0. The molecule has 4 rings (SSSR count). The van der Waals surface area contributed by atoms with Gasteiger partial charge in [-0.15, -0.1) is 11.8 Å². The van der Waals surface area contributed by atoms with Gasteiger partial charge in [-0.2, -0.15) is 0 Å². The van der Waals surface area contributed by atoms with Crippen LogP contribution in [0.1, 0.15) is 24.2 Å². The first-order chi connectivity index (χ1) is 16.0. The second kappa shape index (κ2) is 9.95. The van der Waals surface area contributed by atoms with Crippen molar-refractivity contribution in [3.63, 3.8) is 0 Å². The molecule has 7 nitrogen and oxygen atoms in total. The second-order valence-electron chi connectivity index (χ2n) is 7.65. The van der Waals surface area contributed by atoms with Crippen LogP contribution < -0.4 is 5.32 Å². The number of amides is 2. The van der Waals surface area contributed by atoms with Crippen molar-refractivity contribution in [3.8, 4) is 0 Å². The van der Waals surface area contributed by atoms with E-state index in [1.807, 2.05) is 67.6 Å². The van der Waals surface area contributed by atoms with E-state index >= 15 is 0 Å². The first-order valence-corrected chi connectivity index (χ1v) is 11.6. The summed E-state index contributed by atoms with van der Waals surface area (Å²) in [5.74, 6) is -0.401. The minimum absolute atomic E-state index is 0.0468. The normalized spacial score (nSPS) is 19.5. The zero-order chi connectivity index (χ0) is 23.4. The molecule has 1 N–H and O–H groups in total. The Labute approximate surface area is 196 Å². The Kier molecular flexibility index (Phi) is 6.84. The van der Waals surface area contributed by atoms with E-state index in [1.54, 1.807) is 0 Å². The third-order valence-corrected chi connectivity index (χ3v) is 6.81. The number of thioether (sulfide) groups is 1. The van der Waals surface area contributed by atoms with Crippen molar-refractivity contribution in [1.82, 2.24) is 10.2 Å². The number of carbonyl (C=O) groups excluding carboxylic acids is 3. The Bertz CT molecular complexity index is 1050. The molecule has 2 atom stereocenters. The van der Waals surface area contributed by atoms with E-state index in [9.17, 15) is 14.4 Å². The number of rotatable bonds is 7. The van der Waals surface area contributed by atoms with E-state index in [0.29, 0.717) is 5.75 Å². The minimum atomic E-state index is -0.762. The third-order valence-electron chi connectivity index (χ3n) is 5.39. The van der Waals surface area contributed by atoms with Gasteiger partial charge in [-0.3, -0.25) is 9.69 Å². The lowest BCUT2D eigenvalue weighted by Gasteiger charge is -2.49. The van der Waals surface area contributed by atoms with E-state index in [0.717, 1.165) is 16.7 Å². The van der Waals surface area contributed by atoms with Crippen molar-refractivity contribution in [2.75, 3.05) is 12.4 Å². The van der Waals surface area contributed by atoms with Crippen LogP contribution in [-0.2, 0) is 19.1 Å². The summed E-state index contributed by atoms with van der Waals surface area (Å²) in [6.07, 6.45) is 0.129. The van der Waals surface area contributed by atoms with Gasteiger partial charge in [0.25, 0.3) is 5.91 Å². The fraction of sp³-hybridized carbons (Fsp3) is 0.240. The van der Waals surface area contributed by atoms with Gasteiger partial charge in [0.1, 0.15) is 23.7 Å². The molecule has 8 heteroatoms. The van der Waals surface area contributed by atoms with Gasteiger partial charge in [0, 0.05) is 5.75 Å². The van der Waals surface area contributed by atoms with Crippen LogP contribution in [-0.4, -0.2) is 46.6 Å². The van der Waals surface area contributed by atoms with Crippen LogP contribution in [0.15, 0.2) is 84.6 Å². The summed E-state index contributed by atoms with van der Waals surface area (Å²) >= 11 is 1.48. The van der Waals surface area contributed by atoms with E-state index < -0.39 is 29.6 Å². The summed E-state index contributed by atoms with van der Waals surface area (Å²) in [5.41, 5.74) is 2.65. The number of hydrogen-bond acceptors (Lipinski definition) is 6. The fourth-order valence-corrected chi connectivity index (χ4v) is 5.11. The van der Waals surface area contributed by atoms with Crippen molar-refractivity contribution in [2.24, 2.45) is 0 Å². The highest BCUT2D eigenvalue weighted by molar-refractivity contribution is 8.00. The Morgan fingerprint density at radius 3 is 2.33 bits per heavy atom. The maximum atomic E-state index is 13.4. The first kappa shape index (κ1) is 22.7. The Hall–Kier alpha value is -3.52. The Morgan fingerprint density at radius 2 is 1.76 bits per heavy atom. The van der Waals surface area contributed by atoms with Gasteiger partial charge in [0.2, 0.25) is 0 Å². The number of benzene rings is 2. The quantitative estimate of drug-likeness (QED) is 0.381. The molecule has 0 spiro atoms. The number of fused-ring (bicyclic) bond motifs is 1. The van der Waals surface area contributed by atoms with Gasteiger partial charge in [-0.05, 0) is 23.6 Å². The van der Waals surface area contributed by atoms with Gasteiger partial charge in [0.15, 0.2) is 6.10 Å². The predicted molar refractivity (Wildman–Crippen MR) is 125 cm³/mol. The molecule has 2 aromatic rings. The molecule has 0 radical (unpaired) electrons. The lowest BCUT2D eigenvalue weighted by molar-refractivity contribution is -0.153. The van der Waals surface area contributed by atoms with Crippen LogP contribution in [0.5, 0.6) is 0 Å². The van der Waals surface area contributed by atoms with E-state index in [-0.39, 0.29) is 18.2 Å². The van der Waals surface area contributed by atoms with Crippen LogP contribution in [0.4, 0.5) is 4.79 Å². The largest absolute Gasteiger partial charge is 0.448 e. The molecule has 0 bridgehead atoms. The molecule has 170 valence electrons. The maximum Gasteiger partial charge on any atom is 0.408 e. The molecule has 2 aliphatic heterocycles. The number of hydrogen-bond donors (Lipinski definition) is 1. The average Bonchev–Trinajstić information content (AvgIpc) is 2.85. The molecule has 1 saturated heterocycles. The molecule has 33 heavy (non-hydrogen) atoms. The number of esters is 1. The van der Waals surface area contributed by atoms with Crippen LogP contribution >= 0.6 is 11.8 Å². The van der Waals surface area contributed by atoms with Crippen molar-refractivity contribution >= 4 is 29.7 Å². The number of ether oxygens (including phenoxy) is 2. The van der Waals surface area contributed by atoms with Gasteiger partial charge >= 0.3 is 12.1 Å². The van der Waals surface area contributed by atoms with Crippen LogP contribution in [0.25, 0.3) is 0 Å². The lowest BCUT2D eigenvalue weighted by Crippen LogP contribution is -2.70. The van der Waals surface area contributed by atoms with Gasteiger partial charge in [0.05, 0.1) is 0 Å². The van der Waals surface area contributed by atoms with Crippen molar-refractivity contribution in [3.05, 3.63) is 95.7 Å². The number of β-lactam (4-membered cyclic amide) rings is 1. The van der Waals surface area contributed by atoms with Gasteiger partial charge in [-0.25, -0.2) is 9.59 Å². The molecule has 0 aliphatic carbocycles. The molecular formula is C25H24N2O5S. The Balaban J connectivity index is 1.54. The standard InChI is InChI=1S/C25H24N2O5S/c1-3-14-31-25(30)26-19-22(28)27-20(16(2)15-33-23(19)27)24(29)32-21(17-10-6-4-7-11-17)18-12-8-5-9-13-18/h3-13,19,21,23H,1,14-15H2,2H3,(H,26,30)/t19-,23-/m1/s1. The van der Waals surface area contributed by atoms with Crippen molar-refractivity contribution in [2.45, 2.75) is 24.4 Å². The zero-order valence-electron chi connectivity index (χ0n) is 18.1. The molecule has 2 aromatic carbocycles. The molecule has 2 amide bonds. The summed E-state index contributed by atoms with van der Waals surface area (Å²) in [7, 11) is 0. The smallest absolute Gasteiger partial charge is 0.408 e. The highest BCUT2D eigenvalue weighted by Crippen LogP contribution is 2.41. The van der Waals surface area contributed by atoms with Crippen LogP contribution in [0, 0.1) is 0 Å². The summed E-state index contributed by atoms with van der Waals surface area (Å²) in [4.78, 5) is 39.5. The fourth-order valence-electron chi connectivity index (χ4n) is 3.81. The van der Waals surface area contributed by atoms with Gasteiger partial charge in [-0.1, -0.05) is 73.3 Å². The molecule has 2 aliphatic rings. The van der Waals surface area contributed by atoms with Crippen LogP contribution in [0.2, 0.25) is 0 Å². The SMILES string of the molecule is C=CCOC(=O)N[C@@H]1C(=O)N2C(C(=O)OC(c3ccccc3)c3ccccc3)=C(C)CS[C@H]12. The van der Waals surface area contributed by atoms with Crippen molar-refractivity contribution < 1.29 is 23.9 Å². The molecule has 0 saturated carbocycles. The topological polar surface area (TPSA) is 84.9 Å². The molecular weight excluding hydrogens is 440 g/mol. The van der Waals surface area contributed by atoms with Crippen molar-refractivity contribution in [1.29, 1.82) is 0 Å².